The second-order valence-corrected chi connectivity index (χ2v) is 4.89. The van der Waals surface area contributed by atoms with Gasteiger partial charge in [-0.15, -0.1) is 0 Å². The van der Waals surface area contributed by atoms with Gasteiger partial charge in [0, 0.05) is 19.8 Å². The zero-order valence-corrected chi connectivity index (χ0v) is 15.1. The number of anilines is 1. The molecule has 1 unspecified atom stereocenters. The average molecular weight is 318 g/mol. The van der Waals surface area contributed by atoms with Crippen molar-refractivity contribution < 1.29 is 4.21 Å². The maximum absolute atomic E-state index is 11.9. The summed E-state index contributed by atoms with van der Waals surface area (Å²) in [5.74, 6) is 0. The molecule has 6 heteroatoms. The molecule has 1 atom stereocenters. The summed E-state index contributed by atoms with van der Waals surface area (Å²) in [6.07, 6.45) is 1.89. The van der Waals surface area contributed by atoms with E-state index >= 15 is 0 Å². The SMILES string of the molecule is CC.CC.CN=C(NS(=O)c1ccc(NC)cc1)SC. The summed E-state index contributed by atoms with van der Waals surface area (Å²) in [5.41, 5.74) is 0.995. The van der Waals surface area contributed by atoms with Crippen LogP contribution in [0, 0.1) is 0 Å². The van der Waals surface area contributed by atoms with Gasteiger partial charge in [-0.1, -0.05) is 39.5 Å². The van der Waals surface area contributed by atoms with Gasteiger partial charge in [-0.05, 0) is 30.5 Å². The summed E-state index contributed by atoms with van der Waals surface area (Å²) in [6, 6.07) is 7.42. The van der Waals surface area contributed by atoms with Gasteiger partial charge in [0.05, 0.1) is 4.90 Å². The molecule has 0 aliphatic heterocycles. The first-order chi connectivity index (χ1) is 9.71. The zero-order valence-electron chi connectivity index (χ0n) is 13.5. The molecule has 1 aromatic rings. The van der Waals surface area contributed by atoms with Crippen LogP contribution in [0.15, 0.2) is 34.2 Å². The topological polar surface area (TPSA) is 53.5 Å². The van der Waals surface area contributed by atoms with Crippen molar-refractivity contribution in [3.8, 4) is 0 Å². The molecule has 0 saturated heterocycles. The number of hydrogen-bond acceptors (Lipinski definition) is 4. The van der Waals surface area contributed by atoms with Crippen LogP contribution in [-0.4, -0.2) is 29.7 Å². The van der Waals surface area contributed by atoms with E-state index in [9.17, 15) is 4.21 Å². The van der Waals surface area contributed by atoms with Crippen LogP contribution < -0.4 is 10.0 Å². The van der Waals surface area contributed by atoms with Crippen LogP contribution in [0.1, 0.15) is 27.7 Å². The molecule has 0 fully saturated rings. The molecule has 116 valence electrons. The summed E-state index contributed by atoms with van der Waals surface area (Å²) in [6.45, 7) is 8.00. The summed E-state index contributed by atoms with van der Waals surface area (Å²) in [5, 5.41) is 3.67. The minimum atomic E-state index is -1.25. The normalized spacial score (nSPS) is 11.2. The van der Waals surface area contributed by atoms with Crippen molar-refractivity contribution in [2.45, 2.75) is 32.6 Å². The summed E-state index contributed by atoms with van der Waals surface area (Å²) >= 11 is 1.43. The van der Waals surface area contributed by atoms with Crippen LogP contribution in [0.25, 0.3) is 0 Å². The summed E-state index contributed by atoms with van der Waals surface area (Å²) in [7, 11) is 2.26. The lowest BCUT2D eigenvalue weighted by molar-refractivity contribution is 0.681. The van der Waals surface area contributed by atoms with Gasteiger partial charge in [-0.3, -0.25) is 9.71 Å². The first kappa shape index (κ1) is 21.3. The Hall–Kier alpha value is -1.01. The molecule has 0 aromatic heterocycles. The molecule has 0 spiro atoms. The number of benzene rings is 1. The molecular weight excluding hydrogens is 290 g/mol. The largest absolute Gasteiger partial charge is 0.388 e. The molecular formula is C14H27N3OS2. The second-order valence-electron chi connectivity index (χ2n) is 2.88. The quantitative estimate of drug-likeness (QED) is 0.659. The number of nitrogens with zero attached hydrogens (tertiary/aromatic N) is 1. The number of thioether (sulfide) groups is 1. The minimum Gasteiger partial charge on any atom is -0.388 e. The Morgan fingerprint density at radius 1 is 1.15 bits per heavy atom. The highest BCUT2D eigenvalue weighted by atomic mass is 32.2. The predicted octanol–water partition coefficient (Wildman–Crippen LogP) is 3.74. The van der Waals surface area contributed by atoms with Gasteiger partial charge in [0.1, 0.15) is 0 Å². The molecule has 0 bridgehead atoms. The molecule has 0 radical (unpaired) electrons. The molecule has 1 rings (SSSR count). The van der Waals surface area contributed by atoms with Crippen LogP contribution in [0.5, 0.6) is 0 Å². The smallest absolute Gasteiger partial charge is 0.168 e. The Labute approximate surface area is 130 Å². The zero-order chi connectivity index (χ0) is 16.0. The lowest BCUT2D eigenvalue weighted by Crippen LogP contribution is -2.22. The van der Waals surface area contributed by atoms with E-state index in [1.54, 1.807) is 7.05 Å². The van der Waals surface area contributed by atoms with E-state index in [-0.39, 0.29) is 0 Å². The van der Waals surface area contributed by atoms with Crippen molar-refractivity contribution in [2.24, 2.45) is 4.99 Å². The van der Waals surface area contributed by atoms with Crippen molar-refractivity contribution in [1.82, 2.24) is 4.72 Å². The van der Waals surface area contributed by atoms with Gasteiger partial charge < -0.3 is 5.32 Å². The fourth-order valence-electron chi connectivity index (χ4n) is 1.06. The molecule has 1 aromatic carbocycles. The van der Waals surface area contributed by atoms with Gasteiger partial charge in [0.2, 0.25) is 0 Å². The third-order valence-electron chi connectivity index (χ3n) is 1.93. The molecule has 2 N–H and O–H groups in total. The first-order valence-corrected chi connectivity index (χ1v) is 9.05. The summed E-state index contributed by atoms with van der Waals surface area (Å²) in [4.78, 5) is 4.70. The average Bonchev–Trinajstić information content (AvgIpc) is 2.56. The lowest BCUT2D eigenvalue weighted by atomic mass is 10.3. The highest BCUT2D eigenvalue weighted by molar-refractivity contribution is 8.14. The molecule has 0 saturated carbocycles. The predicted molar refractivity (Wildman–Crippen MR) is 95.1 cm³/mol. The maximum atomic E-state index is 11.9. The van der Waals surface area contributed by atoms with Crippen LogP contribution in [0.4, 0.5) is 5.69 Å². The van der Waals surface area contributed by atoms with Gasteiger partial charge in [0.15, 0.2) is 16.2 Å². The molecule has 0 aliphatic rings. The van der Waals surface area contributed by atoms with E-state index in [1.165, 1.54) is 11.8 Å². The number of nitrogens with one attached hydrogen (secondary N) is 2. The Balaban J connectivity index is 0. The Morgan fingerprint density at radius 2 is 1.65 bits per heavy atom. The van der Waals surface area contributed by atoms with Crippen molar-refractivity contribution in [1.29, 1.82) is 0 Å². The Kier molecular flexibility index (Phi) is 15.3. The molecule has 4 nitrogen and oxygen atoms in total. The molecule has 20 heavy (non-hydrogen) atoms. The van der Waals surface area contributed by atoms with E-state index in [2.05, 4.69) is 15.0 Å². The van der Waals surface area contributed by atoms with E-state index in [1.807, 2.05) is 65.3 Å². The lowest BCUT2D eigenvalue weighted by Gasteiger charge is -2.07. The number of hydrogen-bond donors (Lipinski definition) is 2. The van der Waals surface area contributed by atoms with Gasteiger partial charge in [-0.2, -0.15) is 0 Å². The van der Waals surface area contributed by atoms with Crippen molar-refractivity contribution in [2.75, 3.05) is 25.7 Å². The number of amidine groups is 1. The molecule has 0 heterocycles. The van der Waals surface area contributed by atoms with Crippen molar-refractivity contribution in [3.05, 3.63) is 24.3 Å². The number of rotatable bonds is 3. The highest BCUT2D eigenvalue weighted by Crippen LogP contribution is 2.11. The van der Waals surface area contributed by atoms with Gasteiger partial charge in [-0.25, -0.2) is 4.21 Å². The fraction of sp³-hybridized carbons (Fsp3) is 0.500. The van der Waals surface area contributed by atoms with E-state index < -0.39 is 11.0 Å². The monoisotopic (exact) mass is 317 g/mol. The van der Waals surface area contributed by atoms with Crippen molar-refractivity contribution in [3.63, 3.8) is 0 Å². The van der Waals surface area contributed by atoms with Crippen molar-refractivity contribution >= 4 is 33.6 Å². The summed E-state index contributed by atoms with van der Waals surface area (Å²) < 4.78 is 14.7. The maximum Gasteiger partial charge on any atom is 0.168 e. The van der Waals surface area contributed by atoms with Gasteiger partial charge >= 0.3 is 0 Å². The fourth-order valence-corrected chi connectivity index (χ4v) is 2.56. The van der Waals surface area contributed by atoms with Crippen LogP contribution in [-0.2, 0) is 11.0 Å². The number of aliphatic imine (C=N–C) groups is 1. The molecule has 0 amide bonds. The standard InChI is InChI=1S/C10H15N3OS2.2C2H6/c1-11-8-4-6-9(7-5-8)16(14)13-10(12-2)15-3;2*1-2/h4-7,11H,1-3H3,(H,12,13);2*1-2H3. The van der Waals surface area contributed by atoms with Gasteiger partial charge in [0.25, 0.3) is 0 Å². The Bertz CT molecular complexity index is 392. The highest BCUT2D eigenvalue weighted by Gasteiger charge is 2.05. The minimum absolute atomic E-state index is 0.663. The second kappa shape index (κ2) is 14.4. The Morgan fingerprint density at radius 3 is 2.00 bits per heavy atom. The van der Waals surface area contributed by atoms with E-state index in [0.717, 1.165) is 10.6 Å². The first-order valence-electron chi connectivity index (χ1n) is 6.68. The third-order valence-corrected chi connectivity index (χ3v) is 3.81. The van der Waals surface area contributed by atoms with Crippen LogP contribution in [0.3, 0.4) is 0 Å². The van der Waals surface area contributed by atoms with E-state index in [0.29, 0.717) is 5.17 Å². The van der Waals surface area contributed by atoms with Crippen LogP contribution in [0.2, 0.25) is 0 Å². The third kappa shape index (κ3) is 8.22. The van der Waals surface area contributed by atoms with Crippen LogP contribution >= 0.6 is 11.8 Å². The van der Waals surface area contributed by atoms with E-state index in [4.69, 9.17) is 0 Å². The molecule has 0 aliphatic carbocycles.